The maximum absolute atomic E-state index is 12.8. The first-order chi connectivity index (χ1) is 14.6. The van der Waals surface area contributed by atoms with Gasteiger partial charge in [-0.3, -0.25) is 18.9 Å². The number of hydrogen-bond donors (Lipinski definition) is 1. The Hall–Kier alpha value is -2.41. The lowest BCUT2D eigenvalue weighted by Gasteiger charge is -2.34. The number of alkyl halides is 3. The van der Waals surface area contributed by atoms with Crippen molar-refractivity contribution in [2.45, 2.75) is 12.9 Å². The van der Waals surface area contributed by atoms with Crippen molar-refractivity contribution in [3.8, 4) is 5.75 Å². The molecule has 3 rings (SSSR count). The molecule has 1 aromatic heterocycles. The molecule has 1 fully saturated rings. The van der Waals surface area contributed by atoms with Gasteiger partial charge in [-0.25, -0.2) is 0 Å². The summed E-state index contributed by atoms with van der Waals surface area (Å²) in [5.41, 5.74) is 0.455. The second kappa shape index (κ2) is 9.81. The summed E-state index contributed by atoms with van der Waals surface area (Å²) in [4.78, 5) is 20.4. The van der Waals surface area contributed by atoms with Crippen molar-refractivity contribution in [1.29, 1.82) is 0 Å². The molecule has 1 unspecified atom stereocenters. The fraction of sp³-hybridized carbons (Fsp3) is 0.333. The minimum absolute atomic E-state index is 0.0472. The number of pyridine rings is 1. The summed E-state index contributed by atoms with van der Waals surface area (Å²) in [5.74, 6) is -1.29. The lowest BCUT2D eigenvalue weighted by Crippen LogP contribution is -2.48. The highest BCUT2D eigenvalue weighted by atomic mass is 35.5. The van der Waals surface area contributed by atoms with Crippen LogP contribution in [0, 0.1) is 0 Å². The predicted molar refractivity (Wildman–Crippen MR) is 106 cm³/mol. The molecule has 1 N–H and O–H groups in total. The maximum Gasteiger partial charge on any atom is 0.573 e. The summed E-state index contributed by atoms with van der Waals surface area (Å²) >= 11 is 3.07. The van der Waals surface area contributed by atoms with Crippen LogP contribution in [0.3, 0.4) is 0 Å². The first-order valence-electron chi connectivity index (χ1n) is 8.97. The number of carbonyl (C=O) groups is 1. The molecule has 1 aliphatic rings. The minimum atomic E-state index is -5.05. The van der Waals surface area contributed by atoms with Crippen LogP contribution in [-0.2, 0) is 17.8 Å². The number of nitrogens with one attached hydrogen (secondary N) is 1. The van der Waals surface area contributed by atoms with Crippen molar-refractivity contribution >= 4 is 34.5 Å². The molecule has 0 bridgehead atoms. The molecule has 1 amide bonds. The van der Waals surface area contributed by atoms with Gasteiger partial charge in [-0.2, -0.15) is 0 Å². The Balaban J connectivity index is 1.67. The Labute approximate surface area is 183 Å². The third-order valence-electron chi connectivity index (χ3n) is 4.47. The van der Waals surface area contributed by atoms with Crippen LogP contribution in [0.4, 0.5) is 18.9 Å². The number of halogens is 4. The van der Waals surface area contributed by atoms with Crippen molar-refractivity contribution in [2.75, 3.05) is 30.9 Å². The molecule has 31 heavy (non-hydrogen) atoms. The van der Waals surface area contributed by atoms with E-state index in [1.54, 1.807) is 12.3 Å². The summed E-state index contributed by atoms with van der Waals surface area (Å²) < 4.78 is 65.3. The Bertz CT molecular complexity index is 971. The van der Waals surface area contributed by atoms with Gasteiger partial charge in [0.05, 0.1) is 10.7 Å². The van der Waals surface area contributed by atoms with Crippen molar-refractivity contribution < 1.29 is 31.5 Å². The quantitative estimate of drug-likeness (QED) is 0.642. The first-order valence-corrected chi connectivity index (χ1v) is 10.4. The van der Waals surface area contributed by atoms with E-state index in [-0.39, 0.29) is 5.56 Å². The van der Waals surface area contributed by atoms with Gasteiger partial charge in [-0.1, -0.05) is 11.6 Å². The SMILES string of the molecule is O=C(c1ccc(NS(=O)[O-])c(OC(F)(F)F)c1)N1CCN(Cc2cncc(Cl)c2)CC1. The van der Waals surface area contributed by atoms with Crippen LogP contribution in [0.5, 0.6) is 5.75 Å². The topological polar surface area (TPSA) is 97.8 Å². The molecular formula is C18H17ClF3N4O4S-. The van der Waals surface area contributed by atoms with Crippen LogP contribution in [-0.4, -0.2) is 62.0 Å². The van der Waals surface area contributed by atoms with Crippen molar-refractivity contribution in [3.05, 3.63) is 52.8 Å². The zero-order valence-corrected chi connectivity index (χ0v) is 17.5. The summed E-state index contributed by atoms with van der Waals surface area (Å²) in [6.07, 6.45) is -1.81. The summed E-state index contributed by atoms with van der Waals surface area (Å²) in [6, 6.07) is 4.96. The van der Waals surface area contributed by atoms with Gasteiger partial charge in [-0.15, -0.1) is 13.2 Å². The van der Waals surface area contributed by atoms with Gasteiger partial charge in [0.15, 0.2) is 5.75 Å². The van der Waals surface area contributed by atoms with Crippen LogP contribution in [0.1, 0.15) is 15.9 Å². The molecule has 1 aliphatic heterocycles. The number of amides is 1. The number of benzene rings is 1. The van der Waals surface area contributed by atoms with Crippen molar-refractivity contribution in [2.24, 2.45) is 0 Å². The van der Waals surface area contributed by atoms with Crippen LogP contribution in [0.15, 0.2) is 36.7 Å². The van der Waals surface area contributed by atoms with Crippen molar-refractivity contribution in [1.82, 2.24) is 14.8 Å². The molecular weight excluding hydrogens is 461 g/mol. The lowest BCUT2D eigenvalue weighted by molar-refractivity contribution is -0.274. The second-order valence-corrected chi connectivity index (χ2v) is 7.79. The number of piperazine rings is 1. The zero-order valence-electron chi connectivity index (χ0n) is 15.9. The summed E-state index contributed by atoms with van der Waals surface area (Å²) in [7, 11) is 0. The fourth-order valence-corrected chi connectivity index (χ4v) is 3.68. The summed E-state index contributed by atoms with van der Waals surface area (Å²) in [5, 5.41) is 0.530. The Kier molecular flexibility index (Phi) is 7.36. The number of nitrogens with zero attached hydrogens (tertiary/aromatic N) is 3. The molecule has 13 heteroatoms. The van der Waals surface area contributed by atoms with Crippen LogP contribution >= 0.6 is 11.6 Å². The van der Waals surface area contributed by atoms with E-state index in [9.17, 15) is 26.7 Å². The van der Waals surface area contributed by atoms with E-state index in [0.717, 1.165) is 17.7 Å². The molecule has 1 atom stereocenters. The van der Waals surface area contributed by atoms with Crippen LogP contribution in [0.2, 0.25) is 5.02 Å². The van der Waals surface area contributed by atoms with E-state index in [2.05, 4.69) is 14.6 Å². The zero-order chi connectivity index (χ0) is 22.6. The van der Waals surface area contributed by atoms with Crippen LogP contribution in [0.25, 0.3) is 0 Å². The van der Waals surface area contributed by atoms with Gasteiger partial charge in [0, 0.05) is 61.9 Å². The van der Waals surface area contributed by atoms with Gasteiger partial charge in [0.2, 0.25) is 0 Å². The highest BCUT2D eigenvalue weighted by Gasteiger charge is 2.33. The number of anilines is 1. The van der Waals surface area contributed by atoms with Gasteiger partial charge in [0.25, 0.3) is 5.91 Å². The average Bonchev–Trinajstić information content (AvgIpc) is 2.68. The van der Waals surface area contributed by atoms with Gasteiger partial charge in [0.1, 0.15) is 0 Å². The predicted octanol–water partition coefficient (Wildman–Crippen LogP) is 2.80. The first kappa shape index (κ1) is 23.3. The normalized spacial score (nSPS) is 16.1. The van der Waals surface area contributed by atoms with E-state index in [0.29, 0.717) is 37.7 Å². The summed E-state index contributed by atoms with van der Waals surface area (Å²) in [6.45, 7) is 2.45. The molecule has 0 aliphatic carbocycles. The highest BCUT2D eigenvalue weighted by Crippen LogP contribution is 2.32. The maximum atomic E-state index is 12.8. The van der Waals surface area contributed by atoms with Gasteiger partial charge in [-0.05, 0) is 29.8 Å². The average molecular weight is 478 g/mol. The molecule has 1 saturated heterocycles. The molecule has 2 heterocycles. The third-order valence-corrected chi connectivity index (χ3v) is 5.07. The lowest BCUT2D eigenvalue weighted by atomic mass is 10.1. The molecule has 2 aromatic rings. The van der Waals surface area contributed by atoms with E-state index >= 15 is 0 Å². The smallest absolute Gasteiger partial charge is 0.573 e. The Morgan fingerprint density at radius 3 is 2.55 bits per heavy atom. The number of ether oxygens (including phenoxy) is 1. The van der Waals surface area contributed by atoms with E-state index in [1.165, 1.54) is 17.2 Å². The molecule has 1 aromatic carbocycles. The largest absolute Gasteiger partial charge is 0.755 e. The Morgan fingerprint density at radius 2 is 1.94 bits per heavy atom. The third kappa shape index (κ3) is 6.79. The molecule has 0 saturated carbocycles. The minimum Gasteiger partial charge on any atom is -0.755 e. The number of rotatable bonds is 6. The highest BCUT2D eigenvalue weighted by molar-refractivity contribution is 7.80. The monoisotopic (exact) mass is 477 g/mol. The fourth-order valence-electron chi connectivity index (χ4n) is 3.13. The number of aromatic nitrogens is 1. The van der Waals surface area contributed by atoms with Gasteiger partial charge < -0.3 is 18.9 Å². The number of carbonyl (C=O) groups excluding carboxylic acids is 1. The van der Waals surface area contributed by atoms with E-state index < -0.39 is 35.0 Å². The van der Waals surface area contributed by atoms with E-state index in [4.69, 9.17) is 11.6 Å². The Morgan fingerprint density at radius 1 is 1.23 bits per heavy atom. The standard InChI is InChI=1S/C18H18ClF3N4O4S/c19-14-7-12(9-23-10-14)11-25-3-5-26(6-4-25)17(27)13-1-2-15(24-31(28)29)16(8-13)30-18(20,21)22/h1-2,7-10,24H,3-6,11H2,(H,28,29)/p-1. The molecule has 0 spiro atoms. The van der Waals surface area contributed by atoms with Crippen molar-refractivity contribution in [3.63, 3.8) is 0 Å². The molecule has 168 valence electrons. The second-order valence-electron chi connectivity index (χ2n) is 6.68. The van der Waals surface area contributed by atoms with Gasteiger partial charge >= 0.3 is 6.36 Å². The molecule has 0 radical (unpaired) electrons. The number of hydrogen-bond acceptors (Lipinski definition) is 6. The van der Waals surface area contributed by atoms with E-state index in [1.807, 2.05) is 4.72 Å². The molecule has 8 nitrogen and oxygen atoms in total. The van der Waals surface area contributed by atoms with Crippen LogP contribution < -0.4 is 9.46 Å².